The molecule has 1 aliphatic rings. The third-order valence-electron chi connectivity index (χ3n) is 5.33. The summed E-state index contributed by atoms with van der Waals surface area (Å²) in [6.45, 7) is 10.8. The molecular weight excluding hydrogens is 426 g/mol. The number of nitrogens with zero attached hydrogens (tertiary/aromatic N) is 1. The third kappa shape index (κ3) is 5.49. The molecule has 2 aromatic rings. The van der Waals surface area contributed by atoms with Gasteiger partial charge in [-0.2, -0.15) is 0 Å². The first-order valence-electron chi connectivity index (χ1n) is 10.8. The Labute approximate surface area is 194 Å². The van der Waals surface area contributed by atoms with E-state index in [-0.39, 0.29) is 17.2 Å². The van der Waals surface area contributed by atoms with E-state index in [1.807, 2.05) is 32.0 Å². The zero-order valence-corrected chi connectivity index (χ0v) is 20.0. The fraction of sp³-hybridized carbons (Fsp3) is 0.400. The van der Waals surface area contributed by atoms with Crippen LogP contribution >= 0.6 is 11.6 Å². The van der Waals surface area contributed by atoms with Gasteiger partial charge in [0.05, 0.1) is 17.1 Å². The van der Waals surface area contributed by atoms with Crippen LogP contribution in [0.4, 0.5) is 0 Å². The molecule has 0 saturated heterocycles. The van der Waals surface area contributed by atoms with Gasteiger partial charge in [-0.15, -0.1) is 0 Å². The van der Waals surface area contributed by atoms with Crippen molar-refractivity contribution in [1.29, 1.82) is 0 Å². The molecule has 2 amide bonds. The predicted molar refractivity (Wildman–Crippen MR) is 129 cm³/mol. The summed E-state index contributed by atoms with van der Waals surface area (Å²) >= 11 is 6.44. The number of amides is 2. The highest BCUT2D eigenvalue weighted by Crippen LogP contribution is 2.41. The number of carbonyl (C=O) groups excluding carboxylic acids is 2. The van der Waals surface area contributed by atoms with Gasteiger partial charge in [0, 0.05) is 30.0 Å². The maximum Gasteiger partial charge on any atom is 0.255 e. The summed E-state index contributed by atoms with van der Waals surface area (Å²) in [5, 5.41) is 6.23. The van der Waals surface area contributed by atoms with Crippen LogP contribution in [0.3, 0.4) is 0 Å². The van der Waals surface area contributed by atoms with E-state index in [1.54, 1.807) is 18.2 Å². The maximum absolute atomic E-state index is 13.1. The average molecular weight is 456 g/mol. The Hall–Kier alpha value is -2.86. The number of furan rings is 1. The molecule has 6 nitrogen and oxygen atoms in total. The molecule has 0 saturated carbocycles. The minimum absolute atomic E-state index is 0.194. The molecular formula is C25H30ClN3O3. The molecule has 2 N–H and O–H groups in total. The monoisotopic (exact) mass is 455 g/mol. The molecule has 0 fully saturated rings. The highest BCUT2D eigenvalue weighted by Gasteiger charge is 2.32. The van der Waals surface area contributed by atoms with Gasteiger partial charge in [-0.25, -0.2) is 0 Å². The lowest BCUT2D eigenvalue weighted by atomic mass is 9.81. The van der Waals surface area contributed by atoms with Gasteiger partial charge in [-0.05, 0) is 36.6 Å². The number of hydrogen-bond acceptors (Lipinski definition) is 4. The Morgan fingerprint density at radius 2 is 1.97 bits per heavy atom. The van der Waals surface area contributed by atoms with Crippen LogP contribution in [0.25, 0.3) is 16.9 Å². The molecule has 2 heterocycles. The second-order valence-corrected chi connectivity index (χ2v) is 9.50. The lowest BCUT2D eigenvalue weighted by Crippen LogP contribution is -2.32. The summed E-state index contributed by atoms with van der Waals surface area (Å²) in [5.41, 5.74) is 1.59. The first-order valence-corrected chi connectivity index (χ1v) is 11.2. The second kappa shape index (κ2) is 9.74. The van der Waals surface area contributed by atoms with Gasteiger partial charge in [0.2, 0.25) is 5.91 Å². The van der Waals surface area contributed by atoms with Crippen LogP contribution in [-0.4, -0.2) is 30.7 Å². The van der Waals surface area contributed by atoms with E-state index in [0.717, 1.165) is 12.0 Å². The van der Waals surface area contributed by atoms with Gasteiger partial charge in [0.1, 0.15) is 17.4 Å². The van der Waals surface area contributed by atoms with Crippen molar-refractivity contribution in [2.45, 2.75) is 41.0 Å². The van der Waals surface area contributed by atoms with E-state index in [4.69, 9.17) is 16.0 Å². The number of aliphatic imine (C=N–C) groups is 1. The van der Waals surface area contributed by atoms with Crippen LogP contribution in [0, 0.1) is 11.3 Å². The van der Waals surface area contributed by atoms with Gasteiger partial charge in [0.25, 0.3) is 5.91 Å². The van der Waals surface area contributed by atoms with Crippen molar-refractivity contribution in [2.24, 2.45) is 16.3 Å². The summed E-state index contributed by atoms with van der Waals surface area (Å²) in [6, 6.07) is 9.05. The minimum Gasteiger partial charge on any atom is -0.455 e. The summed E-state index contributed by atoms with van der Waals surface area (Å²) in [6.07, 6.45) is 2.69. The molecule has 0 atom stereocenters. The van der Waals surface area contributed by atoms with Crippen LogP contribution in [0.2, 0.25) is 5.02 Å². The molecule has 32 heavy (non-hydrogen) atoms. The summed E-state index contributed by atoms with van der Waals surface area (Å²) in [4.78, 5) is 29.1. The molecule has 170 valence electrons. The van der Waals surface area contributed by atoms with Crippen LogP contribution < -0.4 is 10.6 Å². The van der Waals surface area contributed by atoms with Crippen molar-refractivity contribution >= 4 is 34.8 Å². The molecule has 1 aromatic heterocycles. The number of benzene rings is 1. The van der Waals surface area contributed by atoms with Crippen molar-refractivity contribution in [1.82, 2.24) is 10.6 Å². The second-order valence-electron chi connectivity index (χ2n) is 9.10. The zero-order chi connectivity index (χ0) is 23.5. The van der Waals surface area contributed by atoms with Crippen molar-refractivity contribution in [2.75, 3.05) is 13.1 Å². The smallest absolute Gasteiger partial charge is 0.255 e. The van der Waals surface area contributed by atoms with Gasteiger partial charge < -0.3 is 15.1 Å². The molecule has 0 bridgehead atoms. The average Bonchev–Trinajstić information content (AvgIpc) is 3.14. The van der Waals surface area contributed by atoms with E-state index in [1.165, 1.54) is 6.92 Å². The van der Waals surface area contributed by atoms with E-state index >= 15 is 0 Å². The first-order chi connectivity index (χ1) is 15.1. The van der Waals surface area contributed by atoms with Gasteiger partial charge in [0.15, 0.2) is 0 Å². The topological polar surface area (TPSA) is 83.7 Å². The molecule has 1 aliphatic heterocycles. The van der Waals surface area contributed by atoms with E-state index in [0.29, 0.717) is 52.5 Å². The number of hydrogen-bond donors (Lipinski definition) is 2. The molecule has 0 spiro atoms. The Bertz CT molecular complexity index is 1080. The Morgan fingerprint density at radius 3 is 2.62 bits per heavy atom. The molecule has 0 aliphatic carbocycles. The molecule has 7 heteroatoms. The van der Waals surface area contributed by atoms with Crippen molar-refractivity contribution in [3.8, 4) is 11.3 Å². The number of rotatable bonds is 6. The standard InChI is InChI=1S/C25H30ClN3O3/c1-15(2)10-11-27-24(31)18-12-21(32-23(18)17-8-6-7-9-20(17)26)19-13-22(29-16(3)30)28-14-25(19,4)5/h6-9,12-13,15H,10-11,14H2,1-5H3,(H,27,31)(H,28,29,30). The van der Waals surface area contributed by atoms with Gasteiger partial charge in [-0.1, -0.05) is 51.4 Å². The lowest BCUT2D eigenvalue weighted by molar-refractivity contribution is -0.117. The molecule has 0 radical (unpaired) electrons. The van der Waals surface area contributed by atoms with Crippen molar-refractivity contribution in [3.05, 3.63) is 52.8 Å². The van der Waals surface area contributed by atoms with Crippen molar-refractivity contribution < 1.29 is 14.0 Å². The Balaban J connectivity index is 2.06. The molecule has 0 unspecified atom stereocenters. The van der Waals surface area contributed by atoms with E-state index in [2.05, 4.69) is 29.5 Å². The number of amidine groups is 1. The van der Waals surface area contributed by atoms with Crippen LogP contribution in [0.1, 0.15) is 57.2 Å². The SMILES string of the molecule is CC(=O)NC1=NCC(C)(C)C(c2cc(C(=O)NCCC(C)C)c(-c3ccccc3Cl)o2)=C1. The largest absolute Gasteiger partial charge is 0.455 e. The first kappa shape index (κ1) is 23.8. The lowest BCUT2D eigenvalue weighted by Gasteiger charge is -2.28. The molecule has 3 rings (SSSR count). The number of nitrogens with one attached hydrogen (secondary N) is 2. The Kier molecular flexibility index (Phi) is 7.24. The predicted octanol–water partition coefficient (Wildman–Crippen LogP) is 5.33. The minimum atomic E-state index is -0.344. The van der Waals surface area contributed by atoms with E-state index in [9.17, 15) is 9.59 Å². The van der Waals surface area contributed by atoms with Crippen molar-refractivity contribution in [3.63, 3.8) is 0 Å². The summed E-state index contributed by atoms with van der Waals surface area (Å²) in [5.74, 6) is 1.54. The number of halogens is 1. The molecule has 1 aromatic carbocycles. The highest BCUT2D eigenvalue weighted by atomic mass is 35.5. The number of carbonyl (C=O) groups is 2. The zero-order valence-electron chi connectivity index (χ0n) is 19.2. The van der Waals surface area contributed by atoms with E-state index < -0.39 is 0 Å². The fourth-order valence-corrected chi connectivity index (χ4v) is 3.74. The third-order valence-corrected chi connectivity index (χ3v) is 5.66. The maximum atomic E-state index is 13.1. The van der Waals surface area contributed by atoms with Gasteiger partial charge in [-0.3, -0.25) is 14.6 Å². The fourth-order valence-electron chi connectivity index (χ4n) is 3.51. The highest BCUT2D eigenvalue weighted by molar-refractivity contribution is 6.33. The summed E-state index contributed by atoms with van der Waals surface area (Å²) in [7, 11) is 0. The van der Waals surface area contributed by atoms with Crippen LogP contribution in [0.5, 0.6) is 0 Å². The van der Waals surface area contributed by atoms with Gasteiger partial charge >= 0.3 is 0 Å². The quantitative estimate of drug-likeness (QED) is 0.617. The van der Waals surface area contributed by atoms with Crippen LogP contribution in [-0.2, 0) is 4.79 Å². The Morgan fingerprint density at radius 1 is 1.25 bits per heavy atom. The van der Waals surface area contributed by atoms with Crippen LogP contribution in [0.15, 0.2) is 45.8 Å². The number of dihydropyridines is 1. The summed E-state index contributed by atoms with van der Waals surface area (Å²) < 4.78 is 6.28. The normalized spacial score (nSPS) is 15.2.